The van der Waals surface area contributed by atoms with E-state index in [2.05, 4.69) is 5.32 Å². The average Bonchev–Trinajstić information content (AvgIpc) is 2.91. The number of benzene rings is 1. The van der Waals surface area contributed by atoms with E-state index in [1.165, 1.54) is 0 Å². The summed E-state index contributed by atoms with van der Waals surface area (Å²) in [7, 11) is 0. The summed E-state index contributed by atoms with van der Waals surface area (Å²) in [6.45, 7) is 1.79. The molecule has 0 spiro atoms. The van der Waals surface area contributed by atoms with Gasteiger partial charge in [0.05, 0.1) is 16.6 Å². The molecule has 2 amide bonds. The smallest absolute Gasteiger partial charge is 0.248 e. The maximum Gasteiger partial charge on any atom is 0.248 e. The van der Waals surface area contributed by atoms with Gasteiger partial charge >= 0.3 is 0 Å². The minimum Gasteiger partial charge on any atom is -0.323 e. The predicted octanol–water partition coefficient (Wildman–Crippen LogP) is 3.24. The maximum atomic E-state index is 12.3. The normalized spacial score (nSPS) is 18.1. The van der Waals surface area contributed by atoms with Crippen LogP contribution in [0.1, 0.15) is 13.3 Å². The molecule has 0 radical (unpaired) electrons. The zero-order chi connectivity index (χ0) is 14.7. The summed E-state index contributed by atoms with van der Waals surface area (Å²) in [6, 6.07) is 4.41. The van der Waals surface area contributed by atoms with Crippen LogP contribution < -0.4 is 5.32 Å². The van der Waals surface area contributed by atoms with Crippen LogP contribution >= 0.6 is 35.0 Å². The zero-order valence-corrected chi connectivity index (χ0v) is 13.2. The predicted molar refractivity (Wildman–Crippen MR) is 83.3 cm³/mol. The van der Waals surface area contributed by atoms with Crippen molar-refractivity contribution in [1.29, 1.82) is 0 Å². The van der Waals surface area contributed by atoms with E-state index in [1.54, 1.807) is 41.8 Å². The molecule has 0 bridgehead atoms. The monoisotopic (exact) mass is 332 g/mol. The van der Waals surface area contributed by atoms with Crippen LogP contribution in [0.25, 0.3) is 0 Å². The third kappa shape index (κ3) is 3.40. The topological polar surface area (TPSA) is 49.4 Å². The summed E-state index contributed by atoms with van der Waals surface area (Å²) in [5, 5.41) is 3.65. The summed E-state index contributed by atoms with van der Waals surface area (Å²) in [5.74, 6) is 0.886. The van der Waals surface area contributed by atoms with E-state index in [-0.39, 0.29) is 11.8 Å². The first-order valence-electron chi connectivity index (χ1n) is 6.16. The van der Waals surface area contributed by atoms with Crippen molar-refractivity contribution in [2.24, 2.45) is 0 Å². The molecule has 2 rings (SSSR count). The highest BCUT2D eigenvalue weighted by Gasteiger charge is 2.34. The second kappa shape index (κ2) is 6.70. The van der Waals surface area contributed by atoms with E-state index in [1.807, 2.05) is 0 Å². The van der Waals surface area contributed by atoms with Crippen molar-refractivity contribution in [3.8, 4) is 0 Å². The number of anilines is 1. The Labute approximate surface area is 131 Å². The molecule has 1 N–H and O–H groups in total. The van der Waals surface area contributed by atoms with Gasteiger partial charge in [-0.15, -0.1) is 11.8 Å². The van der Waals surface area contributed by atoms with Gasteiger partial charge < -0.3 is 10.2 Å². The van der Waals surface area contributed by atoms with E-state index in [9.17, 15) is 9.59 Å². The number of amides is 2. The van der Waals surface area contributed by atoms with Crippen LogP contribution in [0.2, 0.25) is 10.0 Å². The number of carbonyl (C=O) groups excluding carboxylic acids is 2. The molecule has 1 aromatic rings. The summed E-state index contributed by atoms with van der Waals surface area (Å²) in [4.78, 5) is 25.7. The van der Waals surface area contributed by atoms with E-state index >= 15 is 0 Å². The molecule has 1 heterocycles. The van der Waals surface area contributed by atoms with Crippen LogP contribution in [0.4, 0.5) is 5.69 Å². The lowest BCUT2D eigenvalue weighted by Gasteiger charge is -2.22. The summed E-state index contributed by atoms with van der Waals surface area (Å²) in [5.41, 5.74) is 0.463. The number of halogens is 2. The molecule has 0 aromatic heterocycles. The second-order valence-electron chi connectivity index (χ2n) is 4.35. The minimum absolute atomic E-state index is 0.0210. The van der Waals surface area contributed by atoms with Crippen molar-refractivity contribution in [1.82, 2.24) is 4.90 Å². The van der Waals surface area contributed by atoms with Crippen LogP contribution in [0.15, 0.2) is 18.2 Å². The Bertz CT molecular complexity index is 539. The lowest BCUT2D eigenvalue weighted by atomic mass is 10.2. The highest BCUT2D eigenvalue weighted by Crippen LogP contribution is 2.27. The second-order valence-corrected chi connectivity index (χ2v) is 6.19. The number of thioether (sulfide) groups is 1. The first-order valence-corrected chi connectivity index (χ1v) is 8.07. The molecule has 1 fully saturated rings. The van der Waals surface area contributed by atoms with E-state index in [0.29, 0.717) is 33.8 Å². The molecule has 1 atom stereocenters. The van der Waals surface area contributed by atoms with Crippen LogP contribution in [-0.2, 0) is 9.59 Å². The molecule has 1 saturated heterocycles. The number of nitrogens with zero attached hydrogens (tertiary/aromatic N) is 1. The molecule has 1 aliphatic heterocycles. The van der Waals surface area contributed by atoms with Crippen molar-refractivity contribution in [2.75, 3.05) is 16.9 Å². The SMILES string of the molecule is CCC(=O)N1CSCC1C(=O)Nc1cc(Cl)ccc1Cl. The standard InChI is InChI=1S/C13H14Cl2N2O2S/c1-2-12(18)17-7-20-6-11(17)13(19)16-10-5-8(14)3-4-9(10)15/h3-5,11H,2,6-7H2,1H3,(H,16,19). The fourth-order valence-electron chi connectivity index (χ4n) is 1.92. The molecule has 0 saturated carbocycles. The van der Waals surface area contributed by atoms with Gasteiger partial charge in [0.1, 0.15) is 6.04 Å². The fourth-order valence-corrected chi connectivity index (χ4v) is 3.44. The van der Waals surface area contributed by atoms with Crippen LogP contribution in [0.5, 0.6) is 0 Å². The molecular formula is C13H14Cl2N2O2S. The number of hydrogen-bond donors (Lipinski definition) is 1. The largest absolute Gasteiger partial charge is 0.323 e. The minimum atomic E-state index is -0.456. The zero-order valence-electron chi connectivity index (χ0n) is 10.9. The lowest BCUT2D eigenvalue weighted by Crippen LogP contribution is -2.44. The lowest BCUT2D eigenvalue weighted by molar-refractivity contribution is -0.135. The Morgan fingerprint density at radius 2 is 2.20 bits per heavy atom. The van der Waals surface area contributed by atoms with Crippen LogP contribution in [-0.4, -0.2) is 34.4 Å². The maximum absolute atomic E-state index is 12.3. The Balaban J connectivity index is 2.11. The molecule has 1 aromatic carbocycles. The molecule has 1 unspecified atom stereocenters. The van der Waals surface area contributed by atoms with Crippen molar-refractivity contribution in [3.05, 3.63) is 28.2 Å². The van der Waals surface area contributed by atoms with Gasteiger partial charge in [-0.2, -0.15) is 0 Å². The number of carbonyl (C=O) groups is 2. The Kier molecular flexibility index (Phi) is 5.18. The molecule has 108 valence electrons. The average molecular weight is 333 g/mol. The van der Waals surface area contributed by atoms with Gasteiger partial charge in [-0.25, -0.2) is 0 Å². The van der Waals surface area contributed by atoms with Crippen LogP contribution in [0.3, 0.4) is 0 Å². The van der Waals surface area contributed by atoms with Gasteiger partial charge in [0.2, 0.25) is 11.8 Å². The summed E-state index contributed by atoms with van der Waals surface area (Å²) < 4.78 is 0. The fraction of sp³-hybridized carbons (Fsp3) is 0.385. The molecule has 7 heteroatoms. The van der Waals surface area contributed by atoms with Crippen LogP contribution in [0, 0.1) is 0 Å². The van der Waals surface area contributed by atoms with Crippen molar-refractivity contribution >= 4 is 52.5 Å². The first kappa shape index (κ1) is 15.5. The highest BCUT2D eigenvalue weighted by atomic mass is 35.5. The van der Waals surface area contributed by atoms with E-state index < -0.39 is 6.04 Å². The van der Waals surface area contributed by atoms with Crippen molar-refractivity contribution in [2.45, 2.75) is 19.4 Å². The van der Waals surface area contributed by atoms with Gasteiger partial charge in [0, 0.05) is 17.2 Å². The van der Waals surface area contributed by atoms with Gasteiger partial charge in [-0.05, 0) is 18.2 Å². The quantitative estimate of drug-likeness (QED) is 0.924. The molecule has 0 aliphatic carbocycles. The molecule has 4 nitrogen and oxygen atoms in total. The summed E-state index contributed by atoms with van der Waals surface area (Å²) in [6.07, 6.45) is 0.391. The van der Waals surface area contributed by atoms with E-state index in [4.69, 9.17) is 23.2 Å². The third-order valence-corrected chi connectivity index (χ3v) is 4.57. The molecular weight excluding hydrogens is 319 g/mol. The van der Waals surface area contributed by atoms with Gasteiger partial charge in [-0.3, -0.25) is 9.59 Å². The number of hydrogen-bond acceptors (Lipinski definition) is 3. The summed E-state index contributed by atoms with van der Waals surface area (Å²) >= 11 is 13.5. The Morgan fingerprint density at radius 3 is 2.90 bits per heavy atom. The molecule has 1 aliphatic rings. The Morgan fingerprint density at radius 1 is 1.45 bits per heavy atom. The third-order valence-electron chi connectivity index (χ3n) is 2.99. The van der Waals surface area contributed by atoms with Gasteiger partial charge in [0.15, 0.2) is 0 Å². The molecule has 20 heavy (non-hydrogen) atoms. The van der Waals surface area contributed by atoms with Gasteiger partial charge in [-0.1, -0.05) is 30.1 Å². The number of nitrogens with one attached hydrogen (secondary N) is 1. The first-order chi connectivity index (χ1) is 9.52. The Hall–Kier alpha value is -0.910. The highest BCUT2D eigenvalue weighted by molar-refractivity contribution is 7.99. The van der Waals surface area contributed by atoms with Gasteiger partial charge in [0.25, 0.3) is 0 Å². The van der Waals surface area contributed by atoms with Crippen molar-refractivity contribution < 1.29 is 9.59 Å². The number of rotatable bonds is 3. The van der Waals surface area contributed by atoms with Crippen molar-refractivity contribution in [3.63, 3.8) is 0 Å². The van der Waals surface area contributed by atoms with E-state index in [0.717, 1.165) is 0 Å².